The summed E-state index contributed by atoms with van der Waals surface area (Å²) >= 11 is 0. The van der Waals surface area contributed by atoms with E-state index in [9.17, 15) is 13.2 Å². The van der Waals surface area contributed by atoms with E-state index in [0.29, 0.717) is 42.2 Å². The van der Waals surface area contributed by atoms with Crippen LogP contribution >= 0.6 is 0 Å². The third kappa shape index (κ3) is 3.80. The first-order chi connectivity index (χ1) is 15.2. The summed E-state index contributed by atoms with van der Waals surface area (Å²) in [5.41, 5.74) is 4.46. The lowest BCUT2D eigenvalue weighted by Gasteiger charge is -2.37. The molecule has 0 spiro atoms. The molecule has 2 aliphatic rings. The van der Waals surface area contributed by atoms with Gasteiger partial charge in [-0.3, -0.25) is 4.68 Å². The molecule has 1 aliphatic heterocycles. The lowest BCUT2D eigenvalue weighted by Crippen LogP contribution is -2.39. The largest absolute Gasteiger partial charge is 0.391 e. The maximum Gasteiger partial charge on any atom is 0.391 e. The van der Waals surface area contributed by atoms with E-state index in [1.807, 2.05) is 33.2 Å². The van der Waals surface area contributed by atoms with Crippen molar-refractivity contribution in [1.82, 2.24) is 24.7 Å². The van der Waals surface area contributed by atoms with Crippen LogP contribution < -0.4 is 4.90 Å². The van der Waals surface area contributed by atoms with Gasteiger partial charge >= 0.3 is 6.18 Å². The molecule has 32 heavy (non-hydrogen) atoms. The molecule has 4 heterocycles. The fraction of sp³-hybridized carbons (Fsp3) is 0.545. The summed E-state index contributed by atoms with van der Waals surface area (Å²) in [5.74, 6) is -0.834. The lowest BCUT2D eigenvalue weighted by molar-refractivity contribution is -0.197. The number of morpholine rings is 1. The molecule has 0 radical (unpaired) electrons. The standard InChI is InChI=1S/C22H25F3N6O/c1-12-13(2)28-21-17(27-12)8-19(29-20(21)14-6-16(7-14)22(23,24)25)31-4-5-32-18(11-31)15-9-26-30(3)10-15/h8-10,14,16,18H,4-7,11H2,1-3H3/t14-,16+,18-/m0/s1. The van der Waals surface area contributed by atoms with Crippen molar-refractivity contribution in [1.29, 1.82) is 0 Å². The number of nitrogens with zero attached hydrogens (tertiary/aromatic N) is 6. The quantitative estimate of drug-likeness (QED) is 0.606. The molecule has 1 aliphatic carbocycles. The van der Waals surface area contributed by atoms with E-state index in [1.165, 1.54) is 0 Å². The number of hydrogen-bond donors (Lipinski definition) is 0. The SMILES string of the molecule is Cc1nc2cc(N3CCO[C@H](c4cnn(C)c4)C3)nc([C@H]3C[C@@H](C(F)(F)F)C3)c2nc1C. The molecule has 2 fully saturated rings. The van der Waals surface area contributed by atoms with Crippen molar-refractivity contribution in [3.63, 3.8) is 0 Å². The monoisotopic (exact) mass is 446 g/mol. The minimum atomic E-state index is -4.16. The average Bonchev–Trinajstić information content (AvgIpc) is 3.13. The fourth-order valence-corrected chi connectivity index (χ4v) is 4.46. The normalized spacial score (nSPS) is 24.1. The summed E-state index contributed by atoms with van der Waals surface area (Å²) < 4.78 is 47.0. The first-order valence-electron chi connectivity index (χ1n) is 10.8. The Kier molecular flexibility index (Phi) is 5.07. The van der Waals surface area contributed by atoms with E-state index >= 15 is 0 Å². The van der Waals surface area contributed by atoms with E-state index < -0.39 is 12.1 Å². The van der Waals surface area contributed by atoms with E-state index in [-0.39, 0.29) is 24.9 Å². The first-order valence-corrected chi connectivity index (χ1v) is 10.8. The van der Waals surface area contributed by atoms with Crippen LogP contribution in [0.4, 0.5) is 19.0 Å². The van der Waals surface area contributed by atoms with Crippen LogP contribution in [0.1, 0.15) is 47.5 Å². The third-order valence-corrected chi connectivity index (χ3v) is 6.55. The highest BCUT2D eigenvalue weighted by molar-refractivity contribution is 5.80. The smallest absolute Gasteiger partial charge is 0.370 e. The molecule has 1 atom stereocenters. The minimum Gasteiger partial charge on any atom is -0.370 e. The van der Waals surface area contributed by atoms with Gasteiger partial charge in [-0.15, -0.1) is 0 Å². The Morgan fingerprint density at radius 3 is 2.53 bits per heavy atom. The topological polar surface area (TPSA) is 69.0 Å². The Morgan fingerprint density at radius 2 is 1.84 bits per heavy atom. The molecule has 0 unspecified atom stereocenters. The molecule has 3 aromatic rings. The number of pyridine rings is 1. The summed E-state index contributed by atoms with van der Waals surface area (Å²) in [7, 11) is 1.86. The van der Waals surface area contributed by atoms with Gasteiger partial charge < -0.3 is 9.64 Å². The second-order valence-corrected chi connectivity index (χ2v) is 8.79. The van der Waals surface area contributed by atoms with E-state index in [0.717, 1.165) is 17.0 Å². The molecular formula is C22H25F3N6O. The van der Waals surface area contributed by atoms with Gasteiger partial charge in [-0.1, -0.05) is 0 Å². The fourth-order valence-electron chi connectivity index (χ4n) is 4.46. The molecule has 5 rings (SSSR count). The zero-order valence-corrected chi connectivity index (χ0v) is 18.2. The Balaban J connectivity index is 1.50. The number of halogens is 3. The summed E-state index contributed by atoms with van der Waals surface area (Å²) in [6.07, 6.45) is -0.505. The highest BCUT2D eigenvalue weighted by Gasteiger charge is 2.49. The van der Waals surface area contributed by atoms with Gasteiger partial charge in [0.2, 0.25) is 0 Å². The van der Waals surface area contributed by atoms with Gasteiger partial charge in [0.05, 0.1) is 41.3 Å². The average molecular weight is 446 g/mol. The summed E-state index contributed by atoms with van der Waals surface area (Å²) in [4.78, 5) is 16.3. The second-order valence-electron chi connectivity index (χ2n) is 8.79. The number of rotatable bonds is 3. The summed E-state index contributed by atoms with van der Waals surface area (Å²) in [5, 5.41) is 4.22. The van der Waals surface area contributed by atoms with Gasteiger partial charge in [-0.05, 0) is 26.7 Å². The maximum atomic E-state index is 13.1. The Bertz CT molecular complexity index is 1150. The van der Waals surface area contributed by atoms with Crippen LogP contribution in [-0.2, 0) is 11.8 Å². The van der Waals surface area contributed by atoms with E-state index in [2.05, 4.69) is 20.0 Å². The molecule has 3 aromatic heterocycles. The van der Waals surface area contributed by atoms with Crippen molar-refractivity contribution in [2.75, 3.05) is 24.6 Å². The molecule has 170 valence electrons. The Labute approximate surface area is 183 Å². The first kappa shape index (κ1) is 21.1. The van der Waals surface area contributed by atoms with Gasteiger partial charge in [0, 0.05) is 43.9 Å². The van der Waals surface area contributed by atoms with Gasteiger partial charge in [0.25, 0.3) is 0 Å². The predicted molar refractivity (Wildman–Crippen MR) is 112 cm³/mol. The molecule has 10 heteroatoms. The van der Waals surface area contributed by atoms with Crippen LogP contribution in [0.5, 0.6) is 0 Å². The number of fused-ring (bicyclic) bond motifs is 1. The van der Waals surface area contributed by atoms with E-state index in [1.54, 1.807) is 10.9 Å². The minimum absolute atomic E-state index is 0.0467. The summed E-state index contributed by atoms with van der Waals surface area (Å²) in [6.45, 7) is 5.49. The molecule has 0 bridgehead atoms. The Hall–Kier alpha value is -2.75. The number of alkyl halides is 3. The maximum absolute atomic E-state index is 13.1. The zero-order chi connectivity index (χ0) is 22.6. The van der Waals surface area contributed by atoms with Gasteiger partial charge in [0.15, 0.2) is 0 Å². The highest BCUT2D eigenvalue weighted by Crippen LogP contribution is 2.50. The van der Waals surface area contributed by atoms with Crippen LogP contribution in [0.15, 0.2) is 18.5 Å². The van der Waals surface area contributed by atoms with Crippen molar-refractivity contribution in [3.8, 4) is 0 Å². The number of anilines is 1. The van der Waals surface area contributed by atoms with Crippen molar-refractivity contribution < 1.29 is 17.9 Å². The van der Waals surface area contributed by atoms with Crippen molar-refractivity contribution in [3.05, 3.63) is 41.1 Å². The van der Waals surface area contributed by atoms with Gasteiger partial charge in [-0.2, -0.15) is 18.3 Å². The highest BCUT2D eigenvalue weighted by atomic mass is 19.4. The molecule has 1 saturated carbocycles. The predicted octanol–water partition coefficient (Wildman–Crippen LogP) is 4.01. The summed E-state index contributed by atoms with van der Waals surface area (Å²) in [6, 6.07) is 1.89. The van der Waals surface area contributed by atoms with Crippen LogP contribution in [0.3, 0.4) is 0 Å². The molecule has 0 N–H and O–H groups in total. The van der Waals surface area contributed by atoms with Crippen molar-refractivity contribution >= 4 is 16.9 Å². The molecule has 1 saturated heterocycles. The van der Waals surface area contributed by atoms with E-state index in [4.69, 9.17) is 9.72 Å². The van der Waals surface area contributed by atoms with Crippen LogP contribution in [0, 0.1) is 19.8 Å². The molecule has 0 aromatic carbocycles. The van der Waals surface area contributed by atoms with Crippen molar-refractivity contribution in [2.24, 2.45) is 13.0 Å². The molecule has 7 nitrogen and oxygen atoms in total. The Morgan fingerprint density at radius 1 is 1.09 bits per heavy atom. The second kappa shape index (κ2) is 7.68. The third-order valence-electron chi connectivity index (χ3n) is 6.55. The lowest BCUT2D eigenvalue weighted by atomic mass is 9.72. The van der Waals surface area contributed by atoms with Crippen molar-refractivity contribution in [2.45, 2.75) is 44.9 Å². The van der Waals surface area contributed by atoms with Crippen LogP contribution in [0.2, 0.25) is 0 Å². The van der Waals surface area contributed by atoms with Gasteiger partial charge in [-0.25, -0.2) is 15.0 Å². The van der Waals surface area contributed by atoms with Gasteiger partial charge in [0.1, 0.15) is 17.4 Å². The number of hydrogen-bond acceptors (Lipinski definition) is 6. The van der Waals surface area contributed by atoms with Crippen LogP contribution in [-0.4, -0.2) is 50.6 Å². The molecule has 0 amide bonds. The molecular weight excluding hydrogens is 421 g/mol. The number of ether oxygens (including phenoxy) is 1. The van der Waals surface area contributed by atoms with Crippen LogP contribution in [0.25, 0.3) is 11.0 Å². The number of aryl methyl sites for hydroxylation is 3. The zero-order valence-electron chi connectivity index (χ0n) is 18.2. The number of aromatic nitrogens is 5.